The van der Waals surface area contributed by atoms with E-state index in [-0.39, 0.29) is 6.02 Å². The highest BCUT2D eigenvalue weighted by Gasteiger charge is 1.84. The van der Waals surface area contributed by atoms with E-state index in [4.69, 9.17) is 22.9 Å². The molecule has 0 heterocycles. The van der Waals surface area contributed by atoms with Crippen molar-refractivity contribution in [3.63, 3.8) is 0 Å². The molecule has 62 valence electrons. The van der Waals surface area contributed by atoms with E-state index in [0.29, 0.717) is 0 Å². The van der Waals surface area contributed by atoms with Gasteiger partial charge >= 0.3 is 10.4 Å². The molecule has 0 saturated carbocycles. The quantitative estimate of drug-likeness (QED) is 0.207. The van der Waals surface area contributed by atoms with Crippen LogP contribution in [0.4, 0.5) is 0 Å². The third-order valence-corrected chi connectivity index (χ3v) is 0.220. The fourth-order valence-electron chi connectivity index (χ4n) is 0. The van der Waals surface area contributed by atoms with Crippen molar-refractivity contribution in [1.82, 2.24) is 0 Å². The Labute approximate surface area is 57.9 Å². The fraction of sp³-hybridized carbons (Fsp3) is 0.500. The molecule has 7 nitrogen and oxygen atoms in total. The number of nitrogens with one attached hydrogen (secondary N) is 1. The topological polar surface area (TPSA) is 134 Å². The van der Waals surface area contributed by atoms with Gasteiger partial charge in [0, 0.05) is 0 Å². The van der Waals surface area contributed by atoms with E-state index in [1.807, 2.05) is 0 Å². The van der Waals surface area contributed by atoms with Gasteiger partial charge in [0.2, 0.25) is 0 Å². The molecule has 0 saturated heterocycles. The van der Waals surface area contributed by atoms with Gasteiger partial charge < -0.3 is 10.5 Å². The van der Waals surface area contributed by atoms with Gasteiger partial charge in [-0.1, -0.05) is 0 Å². The van der Waals surface area contributed by atoms with Gasteiger partial charge in [-0.2, -0.15) is 8.42 Å². The minimum Gasteiger partial charge on any atom is -0.469 e. The van der Waals surface area contributed by atoms with E-state index in [9.17, 15) is 0 Å². The number of methoxy groups -OCH3 is 1. The molecular weight excluding hydrogens is 164 g/mol. The zero-order chi connectivity index (χ0) is 8.78. The van der Waals surface area contributed by atoms with Crippen LogP contribution in [-0.2, 0) is 15.1 Å². The van der Waals surface area contributed by atoms with Gasteiger partial charge in [0.1, 0.15) is 0 Å². The molecule has 10 heavy (non-hydrogen) atoms. The molecule has 0 aliphatic carbocycles. The van der Waals surface area contributed by atoms with E-state index in [1.54, 1.807) is 0 Å². The van der Waals surface area contributed by atoms with E-state index < -0.39 is 10.4 Å². The van der Waals surface area contributed by atoms with Crippen LogP contribution in [0, 0.1) is 5.41 Å². The van der Waals surface area contributed by atoms with Crippen LogP contribution in [0.3, 0.4) is 0 Å². The van der Waals surface area contributed by atoms with Crippen LogP contribution >= 0.6 is 0 Å². The van der Waals surface area contributed by atoms with Crippen LogP contribution in [-0.4, -0.2) is 30.7 Å². The van der Waals surface area contributed by atoms with E-state index in [1.165, 1.54) is 7.11 Å². The summed E-state index contributed by atoms with van der Waals surface area (Å²) in [6, 6.07) is -0.245. The molecule has 0 bridgehead atoms. The molecule has 0 aliphatic heterocycles. The van der Waals surface area contributed by atoms with Crippen molar-refractivity contribution in [2.24, 2.45) is 5.73 Å². The standard InChI is InChI=1S/C2H6N2O.H2O4S/c1-5-2(3)4;1-5(2,3)4/h1H3,(H3,3,4);(H2,1,2,3,4). The summed E-state index contributed by atoms with van der Waals surface area (Å²) in [5, 5.41) is 6.30. The summed E-state index contributed by atoms with van der Waals surface area (Å²) in [6.07, 6.45) is 0. The average Bonchev–Trinajstić information content (AvgIpc) is 1.61. The number of ether oxygens (including phenoxy) is 1. The second-order valence-electron chi connectivity index (χ2n) is 1.02. The second-order valence-corrected chi connectivity index (χ2v) is 1.91. The smallest absolute Gasteiger partial charge is 0.394 e. The molecule has 0 radical (unpaired) electrons. The SMILES string of the molecule is COC(=N)N.O=S(=O)(O)O. The van der Waals surface area contributed by atoms with Crippen LogP contribution in [0.15, 0.2) is 0 Å². The zero-order valence-electron chi connectivity index (χ0n) is 5.10. The summed E-state index contributed by atoms with van der Waals surface area (Å²) in [6.45, 7) is 0. The molecule has 0 fully saturated rings. The third kappa shape index (κ3) is 207. The lowest BCUT2D eigenvalue weighted by Gasteiger charge is -1.85. The van der Waals surface area contributed by atoms with Crippen LogP contribution < -0.4 is 5.73 Å². The molecule has 0 spiro atoms. The Hall–Kier alpha value is -0.860. The minimum atomic E-state index is -4.67. The van der Waals surface area contributed by atoms with Crippen LogP contribution in [0.5, 0.6) is 0 Å². The lowest BCUT2D eigenvalue weighted by atomic mass is 11.2. The summed E-state index contributed by atoms with van der Waals surface area (Å²) in [5.41, 5.74) is 4.65. The first kappa shape index (κ1) is 11.9. The number of rotatable bonds is 0. The molecule has 8 heteroatoms. The van der Waals surface area contributed by atoms with Crippen molar-refractivity contribution in [2.75, 3.05) is 7.11 Å². The Morgan fingerprint density at radius 3 is 1.70 bits per heavy atom. The molecule has 0 aromatic heterocycles. The van der Waals surface area contributed by atoms with Crippen LogP contribution in [0.25, 0.3) is 0 Å². The fourth-order valence-corrected chi connectivity index (χ4v) is 0. The normalized spacial score (nSPS) is 9.10. The summed E-state index contributed by atoms with van der Waals surface area (Å²) in [5.74, 6) is 0. The van der Waals surface area contributed by atoms with E-state index in [0.717, 1.165) is 0 Å². The Balaban J connectivity index is 0. The molecule has 0 unspecified atom stereocenters. The van der Waals surface area contributed by atoms with Gasteiger partial charge in [-0.05, 0) is 0 Å². The van der Waals surface area contributed by atoms with E-state index >= 15 is 0 Å². The third-order valence-electron chi connectivity index (χ3n) is 0.220. The predicted octanol–water partition coefficient (Wildman–Crippen LogP) is -1.13. The first-order valence-electron chi connectivity index (χ1n) is 1.85. The van der Waals surface area contributed by atoms with Gasteiger partial charge in [-0.3, -0.25) is 14.5 Å². The van der Waals surface area contributed by atoms with Crippen molar-refractivity contribution in [1.29, 1.82) is 5.41 Å². The van der Waals surface area contributed by atoms with Crippen molar-refractivity contribution in [3.8, 4) is 0 Å². The number of hydrogen-bond acceptors (Lipinski definition) is 4. The van der Waals surface area contributed by atoms with Crippen LogP contribution in [0.1, 0.15) is 0 Å². The van der Waals surface area contributed by atoms with Gasteiger partial charge in [0.25, 0.3) is 6.02 Å². The van der Waals surface area contributed by atoms with Gasteiger partial charge in [-0.15, -0.1) is 0 Å². The minimum absolute atomic E-state index is 0.245. The largest absolute Gasteiger partial charge is 0.469 e. The maximum atomic E-state index is 8.74. The Morgan fingerprint density at radius 2 is 1.70 bits per heavy atom. The Kier molecular flexibility index (Phi) is 5.90. The van der Waals surface area contributed by atoms with Crippen molar-refractivity contribution < 1.29 is 22.3 Å². The molecule has 0 aliphatic rings. The van der Waals surface area contributed by atoms with Gasteiger partial charge in [-0.25, -0.2) is 0 Å². The summed E-state index contributed by atoms with van der Waals surface area (Å²) < 4.78 is 35.7. The van der Waals surface area contributed by atoms with Crippen molar-refractivity contribution in [3.05, 3.63) is 0 Å². The highest BCUT2D eigenvalue weighted by Crippen LogP contribution is 1.59. The van der Waals surface area contributed by atoms with Gasteiger partial charge in [0.15, 0.2) is 0 Å². The first-order valence-corrected chi connectivity index (χ1v) is 3.25. The predicted molar refractivity (Wildman–Crippen MR) is 33.1 cm³/mol. The molecule has 5 N–H and O–H groups in total. The monoisotopic (exact) mass is 172 g/mol. The maximum Gasteiger partial charge on any atom is 0.394 e. The zero-order valence-corrected chi connectivity index (χ0v) is 5.92. The lowest BCUT2D eigenvalue weighted by molar-refractivity contribution is 0.381. The molecule has 0 rings (SSSR count). The molecule has 0 atom stereocenters. The second kappa shape index (κ2) is 4.97. The number of hydrogen-bond donors (Lipinski definition) is 4. The highest BCUT2D eigenvalue weighted by molar-refractivity contribution is 7.79. The van der Waals surface area contributed by atoms with Crippen molar-refractivity contribution in [2.45, 2.75) is 0 Å². The molecule has 0 aromatic carbocycles. The maximum absolute atomic E-state index is 8.74. The summed E-state index contributed by atoms with van der Waals surface area (Å²) in [7, 11) is -3.32. The Morgan fingerprint density at radius 1 is 1.60 bits per heavy atom. The highest BCUT2D eigenvalue weighted by atomic mass is 32.3. The number of nitrogens with two attached hydrogens (primary N) is 1. The number of amidine groups is 1. The Bertz CT molecular complexity index is 176. The van der Waals surface area contributed by atoms with Crippen LogP contribution in [0.2, 0.25) is 0 Å². The van der Waals surface area contributed by atoms with Gasteiger partial charge in [0.05, 0.1) is 7.11 Å². The average molecular weight is 172 g/mol. The molecule has 0 amide bonds. The molecule has 0 aromatic rings. The summed E-state index contributed by atoms with van der Waals surface area (Å²) >= 11 is 0. The lowest BCUT2D eigenvalue weighted by Crippen LogP contribution is -2.10. The summed E-state index contributed by atoms with van der Waals surface area (Å²) in [4.78, 5) is 0. The van der Waals surface area contributed by atoms with Crippen molar-refractivity contribution >= 4 is 16.4 Å². The first-order chi connectivity index (χ1) is 4.27. The van der Waals surface area contributed by atoms with E-state index in [2.05, 4.69) is 10.5 Å². The molecular formula is C2H8N2O5S.